The van der Waals surface area contributed by atoms with Gasteiger partial charge in [-0.15, -0.1) is 6.42 Å². The zero-order valence-electron chi connectivity index (χ0n) is 9.48. The number of hydrogen-bond acceptors (Lipinski definition) is 3. The van der Waals surface area contributed by atoms with Crippen LogP contribution in [-0.4, -0.2) is 20.4 Å². The Labute approximate surface area is 114 Å². The Morgan fingerprint density at radius 1 is 1.50 bits per heavy atom. The maximum atomic E-state index is 11.8. The molecule has 0 saturated heterocycles. The van der Waals surface area contributed by atoms with Crippen molar-refractivity contribution in [1.82, 2.24) is 5.32 Å². The minimum Gasteiger partial charge on any atom is -0.339 e. The number of amides is 1. The molecule has 7 heteroatoms. The van der Waals surface area contributed by atoms with Gasteiger partial charge < -0.3 is 5.32 Å². The average Bonchev–Trinajstić information content (AvgIpc) is 2.26. The van der Waals surface area contributed by atoms with E-state index in [0.29, 0.717) is 4.47 Å². The zero-order chi connectivity index (χ0) is 13.9. The number of nitrogens with one attached hydrogen (secondary N) is 1. The summed E-state index contributed by atoms with van der Waals surface area (Å²) in [7, 11) is -3.87. The van der Waals surface area contributed by atoms with Crippen LogP contribution in [-0.2, 0) is 10.0 Å². The van der Waals surface area contributed by atoms with Crippen LogP contribution < -0.4 is 10.5 Å². The summed E-state index contributed by atoms with van der Waals surface area (Å²) in [5.41, 5.74) is 0.163. The lowest BCUT2D eigenvalue weighted by molar-refractivity contribution is 0.0948. The number of sulfonamides is 1. The van der Waals surface area contributed by atoms with Gasteiger partial charge >= 0.3 is 0 Å². The fourth-order valence-corrected chi connectivity index (χ4v) is 2.41. The molecule has 0 aromatic heterocycles. The molecule has 0 bridgehead atoms. The molecule has 0 aliphatic carbocycles. The predicted molar refractivity (Wildman–Crippen MR) is 71.3 cm³/mol. The van der Waals surface area contributed by atoms with E-state index in [9.17, 15) is 13.2 Å². The molecule has 5 nitrogen and oxygen atoms in total. The molecule has 1 atom stereocenters. The summed E-state index contributed by atoms with van der Waals surface area (Å²) < 4.78 is 22.9. The van der Waals surface area contributed by atoms with Crippen molar-refractivity contribution in [3.8, 4) is 12.3 Å². The SMILES string of the molecule is C#CC(C)NC(=O)c1cc(Br)cc(S(N)(=O)=O)c1. The monoisotopic (exact) mass is 330 g/mol. The van der Waals surface area contributed by atoms with Crippen LogP contribution in [0.2, 0.25) is 0 Å². The summed E-state index contributed by atoms with van der Waals surface area (Å²) in [6.45, 7) is 1.64. The summed E-state index contributed by atoms with van der Waals surface area (Å²) in [4.78, 5) is 11.6. The van der Waals surface area contributed by atoms with Gasteiger partial charge in [0.05, 0.1) is 10.9 Å². The van der Waals surface area contributed by atoms with Crippen molar-refractivity contribution in [2.75, 3.05) is 0 Å². The van der Waals surface area contributed by atoms with Gasteiger partial charge in [0, 0.05) is 10.0 Å². The first-order valence-corrected chi connectivity index (χ1v) is 7.18. The molecule has 0 saturated carbocycles. The van der Waals surface area contributed by atoms with Crippen LogP contribution in [0.15, 0.2) is 27.6 Å². The molecule has 18 heavy (non-hydrogen) atoms. The van der Waals surface area contributed by atoms with Crippen LogP contribution in [0.1, 0.15) is 17.3 Å². The Morgan fingerprint density at radius 2 is 2.11 bits per heavy atom. The van der Waals surface area contributed by atoms with Crippen LogP contribution in [0.4, 0.5) is 0 Å². The maximum Gasteiger partial charge on any atom is 0.252 e. The highest BCUT2D eigenvalue weighted by molar-refractivity contribution is 9.10. The van der Waals surface area contributed by atoms with Crippen molar-refractivity contribution < 1.29 is 13.2 Å². The molecule has 96 valence electrons. The number of primary sulfonamides is 1. The van der Waals surface area contributed by atoms with Crippen molar-refractivity contribution >= 4 is 31.9 Å². The van der Waals surface area contributed by atoms with Crippen molar-refractivity contribution in [2.45, 2.75) is 17.9 Å². The highest BCUT2D eigenvalue weighted by atomic mass is 79.9. The second kappa shape index (κ2) is 5.52. The number of rotatable bonds is 3. The second-order valence-corrected chi connectivity index (χ2v) is 6.06. The first-order valence-electron chi connectivity index (χ1n) is 4.84. The summed E-state index contributed by atoms with van der Waals surface area (Å²) in [6.07, 6.45) is 5.14. The molecular weight excluding hydrogens is 320 g/mol. The van der Waals surface area contributed by atoms with Crippen LogP contribution in [0.25, 0.3) is 0 Å². The van der Waals surface area contributed by atoms with Crippen LogP contribution in [0, 0.1) is 12.3 Å². The molecule has 0 fully saturated rings. The van der Waals surface area contributed by atoms with Gasteiger partial charge in [0.2, 0.25) is 10.0 Å². The fraction of sp³-hybridized carbons (Fsp3) is 0.182. The van der Waals surface area contributed by atoms with E-state index < -0.39 is 22.0 Å². The van der Waals surface area contributed by atoms with Gasteiger partial charge in [-0.05, 0) is 25.1 Å². The van der Waals surface area contributed by atoms with Crippen molar-refractivity contribution in [3.63, 3.8) is 0 Å². The van der Waals surface area contributed by atoms with Crippen LogP contribution >= 0.6 is 15.9 Å². The van der Waals surface area contributed by atoms with Gasteiger partial charge in [0.25, 0.3) is 5.91 Å². The van der Waals surface area contributed by atoms with Gasteiger partial charge in [-0.3, -0.25) is 4.79 Å². The molecule has 1 unspecified atom stereocenters. The minimum atomic E-state index is -3.87. The molecule has 1 aromatic rings. The number of hydrogen-bond donors (Lipinski definition) is 2. The van der Waals surface area contributed by atoms with E-state index in [1.54, 1.807) is 6.92 Å². The number of benzene rings is 1. The number of halogens is 1. The lowest BCUT2D eigenvalue weighted by Crippen LogP contribution is -2.31. The third-order valence-corrected chi connectivity index (χ3v) is 3.41. The maximum absolute atomic E-state index is 11.8. The van der Waals surface area contributed by atoms with Gasteiger partial charge in [-0.25, -0.2) is 13.6 Å². The van der Waals surface area contributed by atoms with Gasteiger partial charge in [-0.1, -0.05) is 21.9 Å². The molecule has 1 rings (SSSR count). The van der Waals surface area contributed by atoms with E-state index in [1.165, 1.54) is 18.2 Å². The predicted octanol–water partition coefficient (Wildman–Crippen LogP) is 0.848. The Balaban J connectivity index is 3.16. The molecule has 0 radical (unpaired) electrons. The normalized spacial score (nSPS) is 12.6. The molecule has 3 N–H and O–H groups in total. The standard InChI is InChI=1S/C11H11BrN2O3S/c1-3-7(2)14-11(15)8-4-9(12)6-10(5-8)18(13,16)17/h1,4-7H,2H3,(H,14,15)(H2,13,16,17). The first kappa shape index (κ1) is 14.7. The van der Waals surface area contributed by atoms with Gasteiger partial charge in [0.1, 0.15) is 0 Å². The summed E-state index contributed by atoms with van der Waals surface area (Å²) in [5.74, 6) is 1.87. The Hall–Kier alpha value is -1.36. The number of nitrogens with two attached hydrogens (primary N) is 1. The minimum absolute atomic E-state index is 0.143. The lowest BCUT2D eigenvalue weighted by Gasteiger charge is -2.09. The molecule has 0 spiro atoms. The number of carbonyl (C=O) groups excluding carboxylic acids is 1. The fourth-order valence-electron chi connectivity index (χ4n) is 1.18. The van der Waals surface area contributed by atoms with E-state index in [2.05, 4.69) is 27.2 Å². The van der Waals surface area contributed by atoms with Crippen LogP contribution in [0.5, 0.6) is 0 Å². The largest absolute Gasteiger partial charge is 0.339 e. The van der Waals surface area contributed by atoms with E-state index >= 15 is 0 Å². The Kier molecular flexibility index (Phi) is 4.51. The molecule has 1 amide bonds. The summed E-state index contributed by atoms with van der Waals surface area (Å²) in [5, 5.41) is 7.53. The molecule has 0 aliphatic heterocycles. The summed E-state index contributed by atoms with van der Waals surface area (Å²) in [6, 6.07) is 3.54. The Morgan fingerprint density at radius 3 is 2.61 bits per heavy atom. The zero-order valence-corrected chi connectivity index (χ0v) is 11.9. The highest BCUT2D eigenvalue weighted by Crippen LogP contribution is 2.18. The topological polar surface area (TPSA) is 89.3 Å². The molecular formula is C11H11BrN2O3S. The lowest BCUT2D eigenvalue weighted by atomic mass is 10.2. The van der Waals surface area contributed by atoms with E-state index in [1.807, 2.05) is 0 Å². The quantitative estimate of drug-likeness (QED) is 0.805. The Bertz CT molecular complexity index is 620. The summed E-state index contributed by atoms with van der Waals surface area (Å²) >= 11 is 3.12. The second-order valence-electron chi connectivity index (χ2n) is 3.58. The van der Waals surface area contributed by atoms with E-state index in [0.717, 1.165) is 0 Å². The first-order chi connectivity index (χ1) is 8.24. The number of carbonyl (C=O) groups is 1. The smallest absolute Gasteiger partial charge is 0.252 e. The van der Waals surface area contributed by atoms with E-state index in [4.69, 9.17) is 11.6 Å². The third-order valence-electron chi connectivity index (χ3n) is 2.06. The van der Waals surface area contributed by atoms with Gasteiger partial charge in [0.15, 0.2) is 0 Å². The molecule has 1 aromatic carbocycles. The molecule has 0 heterocycles. The number of terminal acetylenes is 1. The van der Waals surface area contributed by atoms with Crippen molar-refractivity contribution in [2.24, 2.45) is 5.14 Å². The van der Waals surface area contributed by atoms with Crippen molar-refractivity contribution in [1.29, 1.82) is 0 Å². The van der Waals surface area contributed by atoms with Crippen molar-refractivity contribution in [3.05, 3.63) is 28.2 Å². The average molecular weight is 331 g/mol. The third kappa shape index (κ3) is 3.84. The highest BCUT2D eigenvalue weighted by Gasteiger charge is 2.14. The van der Waals surface area contributed by atoms with Gasteiger partial charge in [-0.2, -0.15) is 0 Å². The van der Waals surface area contributed by atoms with Crippen LogP contribution in [0.3, 0.4) is 0 Å². The van der Waals surface area contributed by atoms with E-state index in [-0.39, 0.29) is 10.5 Å². The molecule has 0 aliphatic rings.